The lowest BCUT2D eigenvalue weighted by Crippen LogP contribution is -1.98. The van der Waals surface area contributed by atoms with Crippen LogP contribution in [-0.4, -0.2) is 19.4 Å². The van der Waals surface area contributed by atoms with Crippen molar-refractivity contribution in [1.29, 1.82) is 0 Å². The van der Waals surface area contributed by atoms with E-state index >= 15 is 0 Å². The Morgan fingerprint density at radius 2 is 1.58 bits per heavy atom. The van der Waals surface area contributed by atoms with Gasteiger partial charge in [0.25, 0.3) is 0 Å². The molecule has 0 saturated heterocycles. The van der Waals surface area contributed by atoms with Crippen LogP contribution >= 0.6 is 0 Å². The van der Waals surface area contributed by atoms with Crippen LogP contribution in [-0.2, 0) is 12.8 Å². The summed E-state index contributed by atoms with van der Waals surface area (Å²) in [4.78, 5) is 14.0. The first-order valence-electron chi connectivity index (χ1n) is 10.6. The molecule has 2 aromatic carbocycles. The lowest BCUT2D eigenvalue weighted by atomic mass is 9.96. The molecule has 0 radical (unpaired) electrons. The normalized spacial score (nSPS) is 13.5. The van der Waals surface area contributed by atoms with Crippen molar-refractivity contribution in [3.63, 3.8) is 0 Å². The zero-order chi connectivity index (χ0) is 20.1. The predicted octanol–water partition coefficient (Wildman–Crippen LogP) is 5.57. The maximum absolute atomic E-state index is 5.20. The van der Waals surface area contributed by atoms with E-state index in [4.69, 9.17) is 4.98 Å². The van der Waals surface area contributed by atoms with Crippen molar-refractivity contribution >= 4 is 27.3 Å². The Kier molecular flexibility index (Phi) is 2.72. The molecule has 0 fully saturated rings. The molecule has 8 rings (SSSR count). The molecule has 6 aromatic rings. The molecule has 4 nitrogen and oxygen atoms in total. The topological polar surface area (TPSA) is 43.1 Å². The third-order valence-electron chi connectivity index (χ3n) is 7.03. The summed E-state index contributed by atoms with van der Waals surface area (Å²) in [6.07, 6.45) is 9.52. The number of benzene rings is 2. The van der Waals surface area contributed by atoms with Crippen LogP contribution in [0.15, 0.2) is 73.3 Å². The molecule has 0 N–H and O–H groups in total. The van der Waals surface area contributed by atoms with Gasteiger partial charge in [-0.2, -0.15) is 0 Å². The van der Waals surface area contributed by atoms with Crippen molar-refractivity contribution in [3.8, 4) is 22.4 Å². The lowest BCUT2D eigenvalue weighted by molar-refractivity contribution is 1.09. The van der Waals surface area contributed by atoms with Gasteiger partial charge in [0.15, 0.2) is 0 Å². The van der Waals surface area contributed by atoms with Crippen molar-refractivity contribution in [2.75, 3.05) is 0 Å². The van der Waals surface area contributed by atoms with Crippen LogP contribution in [0.25, 0.3) is 49.7 Å². The minimum Gasteiger partial charge on any atom is -0.294 e. The minimum absolute atomic E-state index is 0.893. The fraction of sp³-hybridized carbons (Fsp3) is 0.0741. The Bertz CT molecular complexity index is 1740. The zero-order valence-corrected chi connectivity index (χ0v) is 16.6. The number of fused-ring (bicyclic) bond motifs is 14. The summed E-state index contributed by atoms with van der Waals surface area (Å²) in [5.74, 6) is 0. The van der Waals surface area contributed by atoms with Gasteiger partial charge in [-0.05, 0) is 46.4 Å². The fourth-order valence-corrected chi connectivity index (χ4v) is 5.74. The highest BCUT2D eigenvalue weighted by Crippen LogP contribution is 2.48. The van der Waals surface area contributed by atoms with Crippen molar-refractivity contribution in [3.05, 3.63) is 95.7 Å². The Balaban J connectivity index is 1.50. The molecular weight excluding hydrogens is 380 g/mol. The molecule has 0 saturated carbocycles. The molecule has 2 aliphatic carbocycles. The van der Waals surface area contributed by atoms with Gasteiger partial charge in [-0.15, -0.1) is 0 Å². The first-order valence-corrected chi connectivity index (χ1v) is 10.6. The molecule has 144 valence electrons. The Labute approximate surface area is 177 Å². The molecular formula is C27H16N4. The van der Waals surface area contributed by atoms with Gasteiger partial charge in [-0.3, -0.25) is 14.4 Å². The molecule has 31 heavy (non-hydrogen) atoms. The largest absolute Gasteiger partial charge is 0.294 e. The monoisotopic (exact) mass is 396 g/mol. The quantitative estimate of drug-likeness (QED) is 0.315. The van der Waals surface area contributed by atoms with E-state index in [0.717, 1.165) is 45.9 Å². The number of aromatic nitrogens is 4. The van der Waals surface area contributed by atoms with Gasteiger partial charge < -0.3 is 0 Å². The summed E-state index contributed by atoms with van der Waals surface area (Å²) in [5, 5.41) is 3.42. The highest BCUT2D eigenvalue weighted by atomic mass is 15.0. The molecule has 0 spiro atoms. The van der Waals surface area contributed by atoms with Gasteiger partial charge in [-0.25, -0.2) is 4.98 Å². The average molecular weight is 396 g/mol. The first-order chi connectivity index (χ1) is 15.4. The molecule has 2 aliphatic rings. The Morgan fingerprint density at radius 3 is 2.55 bits per heavy atom. The second-order valence-corrected chi connectivity index (χ2v) is 8.52. The highest BCUT2D eigenvalue weighted by molar-refractivity contribution is 6.12. The van der Waals surface area contributed by atoms with Crippen LogP contribution in [0.1, 0.15) is 22.4 Å². The highest BCUT2D eigenvalue weighted by Gasteiger charge is 2.32. The summed E-state index contributed by atoms with van der Waals surface area (Å²) in [6.45, 7) is 0. The van der Waals surface area contributed by atoms with E-state index in [1.165, 1.54) is 39.1 Å². The summed E-state index contributed by atoms with van der Waals surface area (Å²) in [6, 6.07) is 17.6. The molecule has 0 amide bonds. The van der Waals surface area contributed by atoms with Crippen molar-refractivity contribution in [1.82, 2.24) is 19.4 Å². The SMILES string of the molecule is c1ccc2c(c1)Cc1ccc3c(c1-2)Cc1c-3nc2c3ccncc3c3ccncc3n12. The van der Waals surface area contributed by atoms with Gasteiger partial charge in [0.05, 0.1) is 23.1 Å². The number of rotatable bonds is 0. The maximum Gasteiger partial charge on any atom is 0.146 e. The Hall–Kier alpha value is -4.05. The Morgan fingerprint density at radius 1 is 0.710 bits per heavy atom. The standard InChI is InChI=1S/C27H16N4/c1-2-4-17-15(3-1)11-16-5-6-19-21(25(16)17)12-23-26(19)30-27-20-8-10-28-13-22(20)18-7-9-29-14-24(18)31(23)27/h1-10,13-14H,11-12H2. The zero-order valence-electron chi connectivity index (χ0n) is 16.6. The first kappa shape index (κ1) is 15.7. The summed E-state index contributed by atoms with van der Waals surface area (Å²) in [7, 11) is 0. The number of nitrogens with zero attached hydrogens (tertiary/aromatic N) is 4. The van der Waals surface area contributed by atoms with E-state index in [1.54, 1.807) is 0 Å². The summed E-state index contributed by atoms with van der Waals surface area (Å²) in [5.41, 5.74) is 12.8. The van der Waals surface area contributed by atoms with Gasteiger partial charge in [0.1, 0.15) is 5.65 Å². The minimum atomic E-state index is 0.893. The van der Waals surface area contributed by atoms with Crippen molar-refractivity contribution in [2.45, 2.75) is 12.8 Å². The fourth-order valence-electron chi connectivity index (χ4n) is 5.74. The van der Waals surface area contributed by atoms with Gasteiger partial charge in [0.2, 0.25) is 0 Å². The smallest absolute Gasteiger partial charge is 0.146 e. The second kappa shape index (κ2) is 5.35. The van der Waals surface area contributed by atoms with Gasteiger partial charge in [0, 0.05) is 46.7 Å². The van der Waals surface area contributed by atoms with Crippen molar-refractivity contribution < 1.29 is 0 Å². The number of imidazole rings is 1. The third kappa shape index (κ3) is 1.84. The molecule has 0 bridgehead atoms. The summed E-state index contributed by atoms with van der Waals surface area (Å²) >= 11 is 0. The predicted molar refractivity (Wildman–Crippen MR) is 122 cm³/mol. The molecule has 4 heterocycles. The third-order valence-corrected chi connectivity index (χ3v) is 7.03. The molecule has 0 atom stereocenters. The molecule has 4 heteroatoms. The van der Waals surface area contributed by atoms with Crippen LogP contribution in [0.4, 0.5) is 0 Å². The van der Waals surface area contributed by atoms with Crippen LogP contribution in [0.2, 0.25) is 0 Å². The van der Waals surface area contributed by atoms with E-state index in [9.17, 15) is 0 Å². The van der Waals surface area contributed by atoms with Crippen LogP contribution in [0.3, 0.4) is 0 Å². The molecule has 4 aromatic heterocycles. The van der Waals surface area contributed by atoms with Gasteiger partial charge in [-0.1, -0.05) is 36.4 Å². The van der Waals surface area contributed by atoms with E-state index in [-0.39, 0.29) is 0 Å². The number of hydrogen-bond donors (Lipinski definition) is 0. The average Bonchev–Trinajstić information content (AvgIpc) is 3.48. The van der Waals surface area contributed by atoms with E-state index in [0.29, 0.717) is 0 Å². The van der Waals surface area contributed by atoms with Crippen molar-refractivity contribution in [2.24, 2.45) is 0 Å². The van der Waals surface area contributed by atoms with Crippen LogP contribution in [0, 0.1) is 0 Å². The lowest BCUT2D eigenvalue weighted by Gasteiger charge is -2.11. The van der Waals surface area contributed by atoms with Crippen LogP contribution in [0.5, 0.6) is 0 Å². The van der Waals surface area contributed by atoms with E-state index < -0.39 is 0 Å². The number of hydrogen-bond acceptors (Lipinski definition) is 3. The van der Waals surface area contributed by atoms with E-state index in [2.05, 4.69) is 62.9 Å². The van der Waals surface area contributed by atoms with Crippen LogP contribution < -0.4 is 0 Å². The summed E-state index contributed by atoms with van der Waals surface area (Å²) < 4.78 is 2.33. The molecule has 0 aliphatic heterocycles. The number of pyridine rings is 3. The van der Waals surface area contributed by atoms with Gasteiger partial charge >= 0.3 is 0 Å². The second-order valence-electron chi connectivity index (χ2n) is 8.52. The molecule has 0 unspecified atom stereocenters. The maximum atomic E-state index is 5.20. The van der Waals surface area contributed by atoms with E-state index in [1.807, 2.05) is 24.8 Å².